The third kappa shape index (κ3) is 3.08. The minimum Gasteiger partial charge on any atom is -0.334 e. The van der Waals surface area contributed by atoms with E-state index in [9.17, 15) is 0 Å². The molecule has 0 saturated heterocycles. The first-order valence-corrected chi connectivity index (χ1v) is 7.50. The van der Waals surface area contributed by atoms with Gasteiger partial charge >= 0.3 is 0 Å². The Morgan fingerprint density at radius 1 is 0.857 bits per heavy atom. The van der Waals surface area contributed by atoms with Gasteiger partial charge in [0, 0.05) is 11.4 Å². The molecule has 1 aliphatic carbocycles. The maximum absolute atomic E-state index is 2.42. The minimum absolute atomic E-state index is 0.374. The summed E-state index contributed by atoms with van der Waals surface area (Å²) < 4.78 is 0. The van der Waals surface area contributed by atoms with Gasteiger partial charge in [-0.15, -0.1) is 0 Å². The van der Waals surface area contributed by atoms with Crippen LogP contribution in [0.5, 0.6) is 0 Å². The minimum atomic E-state index is 0.374. The standard InChI is InChI=1S/C20H21N/c1-16-8-12-19(13-9-16)21(18-6-4-3-5-7-18)20-14-10-17(2)11-15-20/h3-14,20H,15H2,1-2H3. The Balaban J connectivity index is 1.99. The zero-order chi connectivity index (χ0) is 14.7. The molecule has 0 aliphatic heterocycles. The van der Waals surface area contributed by atoms with E-state index in [2.05, 4.69) is 91.6 Å². The SMILES string of the molecule is CC1=CCC(N(c2ccccc2)c2ccc(C)cc2)C=C1. The van der Waals surface area contributed by atoms with E-state index in [4.69, 9.17) is 0 Å². The highest BCUT2D eigenvalue weighted by Gasteiger charge is 2.19. The van der Waals surface area contributed by atoms with Crippen LogP contribution in [0.15, 0.2) is 78.4 Å². The molecule has 0 radical (unpaired) electrons. The van der Waals surface area contributed by atoms with E-state index in [0.717, 1.165) is 6.42 Å². The highest BCUT2D eigenvalue weighted by atomic mass is 15.2. The number of para-hydroxylation sites is 1. The van der Waals surface area contributed by atoms with Gasteiger partial charge in [-0.3, -0.25) is 0 Å². The fraction of sp³-hybridized carbons (Fsp3) is 0.200. The Bertz CT molecular complexity index is 650. The molecule has 0 heterocycles. The Hall–Kier alpha value is -2.28. The van der Waals surface area contributed by atoms with E-state index in [-0.39, 0.29) is 0 Å². The molecule has 21 heavy (non-hydrogen) atoms. The summed E-state index contributed by atoms with van der Waals surface area (Å²) in [7, 11) is 0. The van der Waals surface area contributed by atoms with Crippen molar-refractivity contribution in [2.24, 2.45) is 0 Å². The van der Waals surface area contributed by atoms with Crippen molar-refractivity contribution in [1.29, 1.82) is 0 Å². The molecule has 0 saturated carbocycles. The predicted octanol–water partition coefficient (Wildman–Crippen LogP) is 5.41. The number of nitrogens with zero attached hydrogens (tertiary/aromatic N) is 1. The largest absolute Gasteiger partial charge is 0.334 e. The zero-order valence-corrected chi connectivity index (χ0v) is 12.7. The summed E-state index contributed by atoms with van der Waals surface area (Å²) in [6.07, 6.45) is 7.89. The van der Waals surface area contributed by atoms with Gasteiger partial charge < -0.3 is 4.90 Å². The molecule has 0 aromatic heterocycles. The zero-order valence-electron chi connectivity index (χ0n) is 12.7. The number of aryl methyl sites for hydroxylation is 1. The van der Waals surface area contributed by atoms with Crippen LogP contribution in [-0.2, 0) is 0 Å². The van der Waals surface area contributed by atoms with Gasteiger partial charge in [0.25, 0.3) is 0 Å². The van der Waals surface area contributed by atoms with E-state index in [1.807, 2.05) is 0 Å². The molecule has 1 heteroatoms. The fourth-order valence-corrected chi connectivity index (χ4v) is 2.73. The van der Waals surface area contributed by atoms with Crippen LogP contribution >= 0.6 is 0 Å². The summed E-state index contributed by atoms with van der Waals surface area (Å²) in [6.45, 7) is 4.29. The summed E-state index contributed by atoms with van der Waals surface area (Å²) in [5, 5.41) is 0. The summed E-state index contributed by atoms with van der Waals surface area (Å²) in [5.74, 6) is 0. The van der Waals surface area contributed by atoms with Gasteiger partial charge in [-0.2, -0.15) is 0 Å². The second kappa shape index (κ2) is 6.01. The quantitative estimate of drug-likeness (QED) is 0.724. The molecule has 0 N–H and O–H groups in total. The molecular weight excluding hydrogens is 254 g/mol. The third-order valence-electron chi connectivity index (χ3n) is 3.94. The van der Waals surface area contributed by atoms with Gasteiger partial charge in [0.05, 0.1) is 6.04 Å². The molecule has 2 aromatic rings. The number of hydrogen-bond acceptors (Lipinski definition) is 1. The van der Waals surface area contributed by atoms with Crippen LogP contribution in [0.1, 0.15) is 18.9 Å². The van der Waals surface area contributed by atoms with Crippen LogP contribution in [0.4, 0.5) is 11.4 Å². The first-order chi connectivity index (χ1) is 10.2. The number of rotatable bonds is 3. The molecule has 0 bridgehead atoms. The number of benzene rings is 2. The number of hydrogen-bond donors (Lipinski definition) is 0. The van der Waals surface area contributed by atoms with E-state index in [0.29, 0.717) is 6.04 Å². The van der Waals surface area contributed by atoms with Gasteiger partial charge in [-0.25, -0.2) is 0 Å². The van der Waals surface area contributed by atoms with Crippen molar-refractivity contribution in [1.82, 2.24) is 0 Å². The third-order valence-corrected chi connectivity index (χ3v) is 3.94. The summed E-state index contributed by atoms with van der Waals surface area (Å²) in [6, 6.07) is 19.8. The Morgan fingerprint density at radius 2 is 1.52 bits per heavy atom. The highest BCUT2D eigenvalue weighted by Crippen LogP contribution is 2.31. The lowest BCUT2D eigenvalue weighted by atomic mass is 10.0. The van der Waals surface area contributed by atoms with Gasteiger partial charge in [-0.05, 0) is 44.5 Å². The van der Waals surface area contributed by atoms with Crippen molar-refractivity contribution in [3.63, 3.8) is 0 Å². The van der Waals surface area contributed by atoms with E-state index in [1.165, 1.54) is 22.5 Å². The number of anilines is 2. The lowest BCUT2D eigenvalue weighted by molar-refractivity contribution is 0.779. The highest BCUT2D eigenvalue weighted by molar-refractivity contribution is 5.65. The lowest BCUT2D eigenvalue weighted by Crippen LogP contribution is -2.30. The molecule has 0 amide bonds. The van der Waals surface area contributed by atoms with Crippen molar-refractivity contribution >= 4 is 11.4 Å². The second-order valence-electron chi connectivity index (χ2n) is 5.65. The van der Waals surface area contributed by atoms with Crippen LogP contribution < -0.4 is 4.90 Å². The molecule has 1 unspecified atom stereocenters. The van der Waals surface area contributed by atoms with Crippen molar-refractivity contribution in [2.45, 2.75) is 26.3 Å². The molecule has 2 aromatic carbocycles. The van der Waals surface area contributed by atoms with Crippen LogP contribution in [0.3, 0.4) is 0 Å². The molecule has 0 spiro atoms. The lowest BCUT2D eigenvalue weighted by Gasteiger charge is -2.33. The van der Waals surface area contributed by atoms with E-state index < -0.39 is 0 Å². The van der Waals surface area contributed by atoms with Gasteiger partial charge in [0.2, 0.25) is 0 Å². The fourth-order valence-electron chi connectivity index (χ4n) is 2.73. The van der Waals surface area contributed by atoms with Crippen molar-refractivity contribution in [3.8, 4) is 0 Å². The average Bonchev–Trinajstić information content (AvgIpc) is 2.52. The first kappa shape index (κ1) is 13.7. The summed E-state index contributed by atoms with van der Waals surface area (Å²) in [4.78, 5) is 2.42. The molecule has 1 aliphatic rings. The number of allylic oxidation sites excluding steroid dienone is 2. The van der Waals surface area contributed by atoms with Crippen molar-refractivity contribution < 1.29 is 0 Å². The summed E-state index contributed by atoms with van der Waals surface area (Å²) >= 11 is 0. The van der Waals surface area contributed by atoms with Crippen LogP contribution in [0, 0.1) is 6.92 Å². The monoisotopic (exact) mass is 275 g/mol. The Kier molecular flexibility index (Phi) is 3.92. The Labute approximate surface area is 127 Å². The molecular formula is C20H21N. The maximum Gasteiger partial charge on any atom is 0.0560 e. The smallest absolute Gasteiger partial charge is 0.0560 e. The van der Waals surface area contributed by atoms with Gasteiger partial charge in [0.15, 0.2) is 0 Å². The second-order valence-corrected chi connectivity index (χ2v) is 5.65. The average molecular weight is 275 g/mol. The molecule has 1 atom stereocenters. The van der Waals surface area contributed by atoms with Crippen LogP contribution in [0.25, 0.3) is 0 Å². The maximum atomic E-state index is 2.42. The molecule has 1 nitrogen and oxygen atoms in total. The molecule has 3 rings (SSSR count). The first-order valence-electron chi connectivity index (χ1n) is 7.50. The van der Waals surface area contributed by atoms with Crippen LogP contribution in [-0.4, -0.2) is 6.04 Å². The van der Waals surface area contributed by atoms with Gasteiger partial charge in [-0.1, -0.05) is 59.7 Å². The Morgan fingerprint density at radius 3 is 2.14 bits per heavy atom. The summed E-state index contributed by atoms with van der Waals surface area (Å²) in [5.41, 5.74) is 5.13. The van der Waals surface area contributed by atoms with Crippen molar-refractivity contribution in [3.05, 3.63) is 84.0 Å². The normalized spacial score (nSPS) is 17.4. The van der Waals surface area contributed by atoms with E-state index in [1.54, 1.807) is 0 Å². The molecule has 0 fully saturated rings. The molecule has 106 valence electrons. The topological polar surface area (TPSA) is 3.24 Å². The van der Waals surface area contributed by atoms with E-state index >= 15 is 0 Å². The predicted molar refractivity (Wildman–Crippen MR) is 91.1 cm³/mol. The van der Waals surface area contributed by atoms with Crippen LogP contribution in [0.2, 0.25) is 0 Å². The van der Waals surface area contributed by atoms with Crippen molar-refractivity contribution in [2.75, 3.05) is 4.90 Å². The van der Waals surface area contributed by atoms with Gasteiger partial charge in [0.1, 0.15) is 0 Å².